The Labute approximate surface area is 161 Å². The molecule has 0 bridgehead atoms. The third-order valence-electron chi connectivity index (χ3n) is 3.00. The molecule has 0 aliphatic heterocycles. The number of carbonyl (C=O) groups is 1. The minimum absolute atomic E-state index is 0.0626. The molecule has 0 radical (unpaired) electrons. The first kappa shape index (κ1) is 17.8. The Balaban J connectivity index is 1.46. The van der Waals surface area contributed by atoms with Gasteiger partial charge in [0.2, 0.25) is 11.0 Å². The fraction of sp³-hybridized carbons (Fsp3) is 0.125. The molecule has 2 heterocycles. The molecule has 0 spiro atoms. The van der Waals surface area contributed by atoms with Crippen LogP contribution in [-0.4, -0.2) is 26.8 Å². The summed E-state index contributed by atoms with van der Waals surface area (Å²) in [6.07, 6.45) is 1.71. The van der Waals surface area contributed by atoms with Crippen LogP contribution in [0.3, 0.4) is 0 Å². The molecule has 9 heteroatoms. The summed E-state index contributed by atoms with van der Waals surface area (Å²) in [5, 5.41) is 14.9. The lowest BCUT2D eigenvalue weighted by atomic mass is 10.3. The Kier molecular flexibility index (Phi) is 6.37. The zero-order valence-electron chi connectivity index (χ0n) is 13.0. The van der Waals surface area contributed by atoms with Crippen molar-refractivity contribution in [2.75, 3.05) is 11.1 Å². The number of carbonyl (C=O) groups excluding carboxylic acids is 1. The van der Waals surface area contributed by atoms with E-state index in [-0.39, 0.29) is 5.91 Å². The first-order chi connectivity index (χ1) is 12.2. The zero-order valence-corrected chi connectivity index (χ0v) is 16.2. The third kappa shape index (κ3) is 5.80. The summed E-state index contributed by atoms with van der Waals surface area (Å²) >= 11 is 6.20. The van der Waals surface area contributed by atoms with Crippen LogP contribution in [0, 0.1) is 0 Å². The number of aromatic nitrogens is 3. The van der Waals surface area contributed by atoms with E-state index < -0.39 is 0 Å². The number of halogens is 1. The van der Waals surface area contributed by atoms with Crippen LogP contribution in [0.4, 0.5) is 10.8 Å². The van der Waals surface area contributed by atoms with E-state index in [9.17, 15) is 4.79 Å². The van der Waals surface area contributed by atoms with Gasteiger partial charge in [0, 0.05) is 16.4 Å². The fourth-order valence-corrected chi connectivity index (χ4v) is 3.88. The van der Waals surface area contributed by atoms with Gasteiger partial charge in [-0.2, -0.15) is 0 Å². The number of nitrogens with one attached hydrogen (secondary N) is 2. The van der Waals surface area contributed by atoms with Crippen molar-refractivity contribution in [3.63, 3.8) is 0 Å². The molecule has 3 rings (SSSR count). The van der Waals surface area contributed by atoms with Gasteiger partial charge >= 0.3 is 0 Å². The summed E-state index contributed by atoms with van der Waals surface area (Å²) in [4.78, 5) is 16.1. The molecule has 1 aromatic carbocycles. The maximum Gasteiger partial charge on any atom is 0.230 e. The van der Waals surface area contributed by atoms with E-state index in [1.807, 2.05) is 42.5 Å². The van der Waals surface area contributed by atoms with Crippen molar-refractivity contribution in [2.24, 2.45) is 0 Å². The second kappa shape index (κ2) is 8.93. The maximum absolute atomic E-state index is 11.9. The maximum atomic E-state index is 11.9. The molecule has 0 atom stereocenters. The highest BCUT2D eigenvalue weighted by molar-refractivity contribution is 9.10. The molecule has 0 saturated heterocycles. The Morgan fingerprint density at radius 3 is 2.92 bits per heavy atom. The smallest absolute Gasteiger partial charge is 0.230 e. The van der Waals surface area contributed by atoms with E-state index >= 15 is 0 Å². The van der Waals surface area contributed by atoms with Gasteiger partial charge in [0.25, 0.3) is 0 Å². The van der Waals surface area contributed by atoms with E-state index in [1.165, 1.54) is 23.1 Å². The van der Waals surface area contributed by atoms with E-state index in [2.05, 4.69) is 41.7 Å². The molecule has 0 unspecified atom stereocenters. The number of nitrogens with zero attached hydrogens (tertiary/aromatic N) is 3. The Bertz CT molecular complexity index is 843. The SMILES string of the molecule is O=C(CSc1nnc(Nc2cccc(Br)c2)s1)NCc1ccccn1. The Morgan fingerprint density at radius 1 is 1.20 bits per heavy atom. The van der Waals surface area contributed by atoms with Gasteiger partial charge < -0.3 is 10.6 Å². The largest absolute Gasteiger partial charge is 0.350 e. The molecule has 0 aliphatic carbocycles. The lowest BCUT2D eigenvalue weighted by molar-refractivity contribution is -0.118. The number of anilines is 2. The molecule has 128 valence electrons. The van der Waals surface area contributed by atoms with E-state index in [1.54, 1.807) is 6.20 Å². The van der Waals surface area contributed by atoms with Crippen LogP contribution < -0.4 is 10.6 Å². The molecule has 2 aromatic heterocycles. The molecule has 2 N–H and O–H groups in total. The number of amides is 1. The average molecular weight is 436 g/mol. The first-order valence-electron chi connectivity index (χ1n) is 7.34. The molecule has 3 aromatic rings. The van der Waals surface area contributed by atoms with Crippen LogP contribution in [0.2, 0.25) is 0 Å². The molecule has 25 heavy (non-hydrogen) atoms. The molecular weight excluding hydrogens is 422 g/mol. The normalized spacial score (nSPS) is 10.4. The summed E-state index contributed by atoms with van der Waals surface area (Å²) < 4.78 is 1.73. The Morgan fingerprint density at radius 2 is 2.12 bits per heavy atom. The summed E-state index contributed by atoms with van der Waals surface area (Å²) in [5.74, 6) is 0.227. The summed E-state index contributed by atoms with van der Waals surface area (Å²) in [6.45, 7) is 0.423. The number of pyridine rings is 1. The number of rotatable bonds is 7. The van der Waals surface area contributed by atoms with Gasteiger partial charge in [0.1, 0.15) is 0 Å². The molecule has 6 nitrogen and oxygen atoms in total. The van der Waals surface area contributed by atoms with Crippen molar-refractivity contribution in [2.45, 2.75) is 10.9 Å². The second-order valence-corrected chi connectivity index (χ2v) is 8.01. The van der Waals surface area contributed by atoms with Gasteiger partial charge in [-0.3, -0.25) is 9.78 Å². The predicted molar refractivity (Wildman–Crippen MR) is 104 cm³/mol. The van der Waals surface area contributed by atoms with E-state index in [0.717, 1.165) is 20.2 Å². The standard InChI is InChI=1S/C16H14BrN5OS2/c17-11-4-3-6-12(8-11)20-15-21-22-16(25-15)24-10-14(23)19-9-13-5-1-2-7-18-13/h1-8H,9-10H2,(H,19,23)(H,20,21). The number of benzene rings is 1. The highest BCUT2D eigenvalue weighted by Crippen LogP contribution is 2.28. The van der Waals surface area contributed by atoms with Crippen molar-refractivity contribution < 1.29 is 4.79 Å². The zero-order chi connectivity index (χ0) is 17.5. The van der Waals surface area contributed by atoms with Crippen LogP contribution in [-0.2, 0) is 11.3 Å². The van der Waals surface area contributed by atoms with Crippen LogP contribution in [0.1, 0.15) is 5.69 Å². The summed E-state index contributed by atoms with van der Waals surface area (Å²) in [6, 6.07) is 13.4. The minimum atomic E-state index is -0.0626. The highest BCUT2D eigenvalue weighted by atomic mass is 79.9. The summed E-state index contributed by atoms with van der Waals surface area (Å²) in [7, 11) is 0. The van der Waals surface area contributed by atoms with Gasteiger partial charge in [-0.15, -0.1) is 10.2 Å². The lowest BCUT2D eigenvalue weighted by Gasteiger charge is -2.03. The quantitative estimate of drug-likeness (QED) is 0.548. The van der Waals surface area contributed by atoms with E-state index in [4.69, 9.17) is 0 Å². The van der Waals surface area contributed by atoms with Crippen LogP contribution in [0.15, 0.2) is 57.5 Å². The van der Waals surface area contributed by atoms with Crippen molar-refractivity contribution in [3.05, 3.63) is 58.8 Å². The topological polar surface area (TPSA) is 79.8 Å². The highest BCUT2D eigenvalue weighted by Gasteiger charge is 2.08. The van der Waals surface area contributed by atoms with Gasteiger partial charge in [-0.1, -0.05) is 51.2 Å². The van der Waals surface area contributed by atoms with E-state index in [0.29, 0.717) is 17.4 Å². The molecule has 1 amide bonds. The molecule has 0 aliphatic rings. The monoisotopic (exact) mass is 435 g/mol. The van der Waals surface area contributed by atoms with Crippen LogP contribution >= 0.6 is 39.0 Å². The van der Waals surface area contributed by atoms with Gasteiger partial charge in [0.15, 0.2) is 4.34 Å². The molecule has 0 fully saturated rings. The Hall–Kier alpha value is -1.97. The van der Waals surface area contributed by atoms with Crippen molar-refractivity contribution >= 4 is 55.8 Å². The van der Waals surface area contributed by atoms with Crippen molar-refractivity contribution in [1.29, 1.82) is 0 Å². The van der Waals surface area contributed by atoms with Gasteiger partial charge in [-0.25, -0.2) is 0 Å². The van der Waals surface area contributed by atoms with Gasteiger partial charge in [0.05, 0.1) is 18.0 Å². The third-order valence-corrected chi connectivity index (χ3v) is 5.47. The predicted octanol–water partition coefficient (Wildman–Crippen LogP) is 3.85. The lowest BCUT2D eigenvalue weighted by Crippen LogP contribution is -2.24. The minimum Gasteiger partial charge on any atom is -0.350 e. The first-order valence-corrected chi connectivity index (χ1v) is 9.94. The molecular formula is C16H14BrN5OS2. The van der Waals surface area contributed by atoms with Crippen molar-refractivity contribution in [3.8, 4) is 0 Å². The molecule has 0 saturated carbocycles. The van der Waals surface area contributed by atoms with Crippen LogP contribution in [0.5, 0.6) is 0 Å². The number of hydrogen-bond donors (Lipinski definition) is 2. The average Bonchev–Trinajstić information content (AvgIpc) is 3.06. The number of hydrogen-bond acceptors (Lipinski definition) is 7. The van der Waals surface area contributed by atoms with Crippen LogP contribution in [0.25, 0.3) is 0 Å². The van der Waals surface area contributed by atoms with Crippen molar-refractivity contribution in [1.82, 2.24) is 20.5 Å². The second-order valence-electron chi connectivity index (χ2n) is 4.89. The summed E-state index contributed by atoms with van der Waals surface area (Å²) in [5.41, 5.74) is 1.76. The fourth-order valence-electron chi connectivity index (χ4n) is 1.88. The number of thioether (sulfide) groups is 1. The van der Waals surface area contributed by atoms with Gasteiger partial charge in [-0.05, 0) is 30.3 Å².